The Balaban J connectivity index is 2.44. The van der Waals surface area contributed by atoms with Crippen molar-refractivity contribution in [2.24, 2.45) is 5.41 Å². The molecule has 1 aromatic rings. The van der Waals surface area contributed by atoms with Gasteiger partial charge >= 0.3 is 0 Å². The molecule has 0 spiro atoms. The molecule has 4 nitrogen and oxygen atoms in total. The number of hydrogen-bond donors (Lipinski definition) is 1. The van der Waals surface area contributed by atoms with E-state index in [2.05, 4.69) is 0 Å². The minimum atomic E-state index is -0.996. The largest absolute Gasteiger partial charge is 0.507 e. The van der Waals surface area contributed by atoms with Crippen LogP contribution in [0.3, 0.4) is 0 Å². The minimum absolute atomic E-state index is 0.191. The van der Waals surface area contributed by atoms with Gasteiger partial charge in [-0.1, -0.05) is 35.4 Å². The minimum Gasteiger partial charge on any atom is -0.507 e. The fourth-order valence-electron chi connectivity index (χ4n) is 3.29. The van der Waals surface area contributed by atoms with E-state index in [1.54, 1.807) is 26.8 Å². The Morgan fingerprint density at radius 3 is 2.20 bits per heavy atom. The van der Waals surface area contributed by atoms with Gasteiger partial charge in [-0.3, -0.25) is 9.59 Å². The summed E-state index contributed by atoms with van der Waals surface area (Å²) >= 11 is 0. The van der Waals surface area contributed by atoms with Gasteiger partial charge in [-0.2, -0.15) is 0 Å². The summed E-state index contributed by atoms with van der Waals surface area (Å²) in [6, 6.07) is 5.94. The van der Waals surface area contributed by atoms with Gasteiger partial charge in [-0.05, 0) is 46.3 Å². The number of carbonyl (C=O) groups excluding carboxylic acids is 2. The molecule has 132 valence electrons. The molecule has 2 rings (SSSR count). The monoisotopic (exact) mass is 340 g/mol. The summed E-state index contributed by atoms with van der Waals surface area (Å²) in [5.74, 6) is -0.882. The molecular formula is C21H24O4. The Hall–Kier alpha value is -2.62. The summed E-state index contributed by atoms with van der Waals surface area (Å²) in [7, 11) is 1.45. The first-order chi connectivity index (χ1) is 11.6. The molecule has 0 atom stereocenters. The molecule has 0 heterocycles. The van der Waals surface area contributed by atoms with Gasteiger partial charge in [0, 0.05) is 5.57 Å². The molecule has 0 amide bonds. The molecule has 0 aliphatic heterocycles. The molecule has 25 heavy (non-hydrogen) atoms. The van der Waals surface area contributed by atoms with Gasteiger partial charge < -0.3 is 9.84 Å². The van der Waals surface area contributed by atoms with Crippen molar-refractivity contribution in [3.8, 4) is 0 Å². The number of ether oxygens (including phenoxy) is 1. The Morgan fingerprint density at radius 2 is 1.68 bits per heavy atom. The molecule has 0 fully saturated rings. The number of Topliss-reactive ketones (excluding diaryl/α,β-unsaturated/α-hetero) is 1. The maximum absolute atomic E-state index is 12.7. The van der Waals surface area contributed by atoms with Gasteiger partial charge in [-0.25, -0.2) is 0 Å². The first-order valence-electron chi connectivity index (χ1n) is 8.14. The Labute approximate surface area is 148 Å². The van der Waals surface area contributed by atoms with Crippen LogP contribution >= 0.6 is 0 Å². The highest BCUT2D eigenvalue weighted by molar-refractivity contribution is 6.28. The zero-order valence-electron chi connectivity index (χ0n) is 15.6. The molecule has 0 bridgehead atoms. The average molecular weight is 340 g/mol. The van der Waals surface area contributed by atoms with Gasteiger partial charge in [0.05, 0.1) is 12.5 Å². The zero-order chi connectivity index (χ0) is 18.9. The van der Waals surface area contributed by atoms with E-state index in [4.69, 9.17) is 4.74 Å². The van der Waals surface area contributed by atoms with E-state index in [0.29, 0.717) is 11.3 Å². The second-order valence-electron chi connectivity index (χ2n) is 6.95. The van der Waals surface area contributed by atoms with Crippen molar-refractivity contribution in [3.05, 3.63) is 63.6 Å². The molecule has 1 aromatic carbocycles. The number of hydrogen-bond acceptors (Lipinski definition) is 4. The van der Waals surface area contributed by atoms with Crippen LogP contribution in [0.15, 0.2) is 46.9 Å². The highest BCUT2D eigenvalue weighted by Crippen LogP contribution is 2.40. The maximum Gasteiger partial charge on any atom is 0.193 e. The lowest BCUT2D eigenvalue weighted by Crippen LogP contribution is -2.36. The molecule has 1 aliphatic rings. The fraction of sp³-hybridized carbons (Fsp3) is 0.333. The summed E-state index contributed by atoms with van der Waals surface area (Å²) in [5, 5.41) is 10.4. The van der Waals surface area contributed by atoms with Crippen LogP contribution in [0.5, 0.6) is 0 Å². The van der Waals surface area contributed by atoms with Gasteiger partial charge in [-0.15, -0.1) is 0 Å². The number of benzene rings is 1. The van der Waals surface area contributed by atoms with E-state index in [1.807, 2.05) is 32.0 Å². The normalized spacial score (nSPS) is 17.4. The second kappa shape index (κ2) is 6.71. The molecule has 1 N–H and O–H groups in total. The molecule has 0 saturated carbocycles. The average Bonchev–Trinajstić information content (AvgIpc) is 2.51. The summed E-state index contributed by atoms with van der Waals surface area (Å²) < 4.78 is 5.28. The van der Waals surface area contributed by atoms with Crippen LogP contribution < -0.4 is 0 Å². The lowest BCUT2D eigenvalue weighted by Gasteiger charge is -2.31. The van der Waals surface area contributed by atoms with Crippen LogP contribution in [0.2, 0.25) is 0 Å². The summed E-state index contributed by atoms with van der Waals surface area (Å²) in [4.78, 5) is 25.3. The molecular weight excluding hydrogens is 316 g/mol. The Morgan fingerprint density at radius 1 is 1.12 bits per heavy atom. The van der Waals surface area contributed by atoms with Crippen LogP contribution in [0.4, 0.5) is 0 Å². The smallest absolute Gasteiger partial charge is 0.193 e. The zero-order valence-corrected chi connectivity index (χ0v) is 15.6. The van der Waals surface area contributed by atoms with Gasteiger partial charge in [0.25, 0.3) is 0 Å². The highest BCUT2D eigenvalue weighted by Gasteiger charge is 2.44. The van der Waals surface area contributed by atoms with E-state index in [0.717, 1.165) is 16.7 Å². The molecule has 0 radical (unpaired) electrons. The number of rotatable bonds is 4. The topological polar surface area (TPSA) is 63.6 Å². The second-order valence-corrected chi connectivity index (χ2v) is 6.95. The molecule has 0 saturated heterocycles. The number of aryl methyl sites for hydroxylation is 2. The van der Waals surface area contributed by atoms with Crippen LogP contribution in [-0.2, 0) is 14.3 Å². The summed E-state index contributed by atoms with van der Waals surface area (Å²) in [6.45, 7) is 8.97. The summed E-state index contributed by atoms with van der Waals surface area (Å²) in [6.07, 6.45) is 2.99. The van der Waals surface area contributed by atoms with E-state index in [-0.39, 0.29) is 11.3 Å². The molecule has 0 aromatic heterocycles. The number of methoxy groups -OCH3 is 1. The number of aliphatic hydroxyl groups excluding tert-OH is 1. The number of carbonyl (C=O) groups is 2. The SMILES string of the molecule is COC1=C(C)C(O)=C(C(=O)/C=C/c2cc(C)cc(C)c2)C(=O)C1(C)C. The van der Waals surface area contributed by atoms with E-state index >= 15 is 0 Å². The Bertz CT molecular complexity index is 815. The molecule has 4 heteroatoms. The third-order valence-electron chi connectivity index (χ3n) is 4.42. The molecule has 1 aliphatic carbocycles. The van der Waals surface area contributed by atoms with Crippen molar-refractivity contribution in [1.29, 1.82) is 0 Å². The lowest BCUT2D eigenvalue weighted by atomic mass is 9.74. The van der Waals surface area contributed by atoms with Gasteiger partial charge in [0.15, 0.2) is 11.6 Å². The number of ketones is 2. The first kappa shape index (κ1) is 18.7. The number of allylic oxidation sites excluding steroid dienone is 4. The van der Waals surface area contributed by atoms with Crippen LogP contribution in [0.25, 0.3) is 6.08 Å². The maximum atomic E-state index is 12.7. The van der Waals surface area contributed by atoms with Crippen LogP contribution in [-0.4, -0.2) is 23.8 Å². The van der Waals surface area contributed by atoms with Gasteiger partial charge in [0.2, 0.25) is 0 Å². The summed E-state index contributed by atoms with van der Waals surface area (Å²) in [5.41, 5.74) is 2.28. The fourth-order valence-corrected chi connectivity index (χ4v) is 3.29. The third kappa shape index (κ3) is 3.43. The highest BCUT2D eigenvalue weighted by atomic mass is 16.5. The standard InChI is InChI=1S/C21H24O4/c1-12-9-13(2)11-15(10-12)7-8-16(22)17-18(23)14(3)20(25-6)21(4,5)19(17)24/h7-11,23H,1-6H3/b8-7+. The quantitative estimate of drug-likeness (QED) is 0.658. The van der Waals surface area contributed by atoms with Crippen molar-refractivity contribution < 1.29 is 19.4 Å². The van der Waals surface area contributed by atoms with E-state index < -0.39 is 17.0 Å². The van der Waals surface area contributed by atoms with Crippen LogP contribution in [0, 0.1) is 19.3 Å². The first-order valence-corrected chi connectivity index (χ1v) is 8.14. The van der Waals surface area contributed by atoms with Crippen molar-refractivity contribution in [2.75, 3.05) is 7.11 Å². The van der Waals surface area contributed by atoms with Gasteiger partial charge in [0.1, 0.15) is 17.1 Å². The third-order valence-corrected chi connectivity index (χ3v) is 4.42. The van der Waals surface area contributed by atoms with Crippen molar-refractivity contribution >= 4 is 17.6 Å². The van der Waals surface area contributed by atoms with E-state index in [9.17, 15) is 14.7 Å². The van der Waals surface area contributed by atoms with Crippen molar-refractivity contribution in [3.63, 3.8) is 0 Å². The van der Waals surface area contributed by atoms with Crippen LogP contribution in [0.1, 0.15) is 37.5 Å². The van der Waals surface area contributed by atoms with Crippen molar-refractivity contribution in [1.82, 2.24) is 0 Å². The number of aliphatic hydroxyl groups is 1. The lowest BCUT2D eigenvalue weighted by molar-refractivity contribution is -0.126. The Kier molecular flexibility index (Phi) is 5.02. The van der Waals surface area contributed by atoms with Crippen molar-refractivity contribution in [2.45, 2.75) is 34.6 Å². The van der Waals surface area contributed by atoms with E-state index in [1.165, 1.54) is 13.2 Å². The predicted molar refractivity (Wildman–Crippen MR) is 98.1 cm³/mol. The predicted octanol–water partition coefficient (Wildman–Crippen LogP) is 4.23. The molecule has 0 unspecified atom stereocenters.